The van der Waals surface area contributed by atoms with E-state index in [-0.39, 0.29) is 6.23 Å². The molecule has 1 fully saturated rings. The third kappa shape index (κ3) is 3.23. The lowest BCUT2D eigenvalue weighted by Crippen LogP contribution is -2.19. The van der Waals surface area contributed by atoms with Crippen LogP contribution in [0.3, 0.4) is 0 Å². The highest BCUT2D eigenvalue weighted by atomic mass is 16.5. The van der Waals surface area contributed by atoms with Crippen LogP contribution in [0.25, 0.3) is 23.1 Å². The average Bonchev–Trinajstić information content (AvgIpc) is 3.05. The topological polar surface area (TPSA) is 57.0 Å². The van der Waals surface area contributed by atoms with Crippen LogP contribution in [0.2, 0.25) is 0 Å². The van der Waals surface area contributed by atoms with E-state index in [0.29, 0.717) is 5.56 Å². The quantitative estimate of drug-likeness (QED) is 0.674. The highest BCUT2D eigenvalue weighted by Gasteiger charge is 2.20. The first-order chi connectivity index (χ1) is 12.3. The summed E-state index contributed by atoms with van der Waals surface area (Å²) < 4.78 is 7.84. The van der Waals surface area contributed by atoms with Crippen molar-refractivity contribution in [3.63, 3.8) is 0 Å². The second-order valence-corrected chi connectivity index (χ2v) is 6.13. The maximum Gasteiger partial charge on any atom is 0.150 e. The number of ether oxygens (including phenoxy) is 1. The van der Waals surface area contributed by atoms with Crippen molar-refractivity contribution < 1.29 is 9.53 Å². The van der Waals surface area contributed by atoms with Crippen LogP contribution >= 0.6 is 0 Å². The van der Waals surface area contributed by atoms with E-state index in [4.69, 9.17) is 9.84 Å². The fraction of sp³-hybridized carbons (Fsp3) is 0.250. The van der Waals surface area contributed by atoms with Crippen LogP contribution in [0.1, 0.15) is 47.2 Å². The smallest absolute Gasteiger partial charge is 0.150 e. The van der Waals surface area contributed by atoms with Gasteiger partial charge in [-0.3, -0.25) is 9.78 Å². The summed E-state index contributed by atoms with van der Waals surface area (Å²) in [5.41, 5.74) is 3.31. The molecule has 1 atom stereocenters. The molecule has 0 amide bonds. The Kier molecular flexibility index (Phi) is 4.39. The first-order valence-corrected chi connectivity index (χ1v) is 8.53. The summed E-state index contributed by atoms with van der Waals surface area (Å²) >= 11 is 0. The van der Waals surface area contributed by atoms with Crippen molar-refractivity contribution in [3.8, 4) is 0 Å². The van der Waals surface area contributed by atoms with E-state index in [1.54, 1.807) is 6.20 Å². The Hall–Kier alpha value is -2.79. The Morgan fingerprint density at radius 1 is 1.16 bits per heavy atom. The van der Waals surface area contributed by atoms with E-state index in [1.165, 1.54) is 0 Å². The number of carbonyl (C=O) groups excluding carboxylic acids is 1. The normalized spacial score (nSPS) is 18.0. The molecule has 0 bridgehead atoms. The first-order valence-electron chi connectivity index (χ1n) is 8.53. The van der Waals surface area contributed by atoms with Gasteiger partial charge in [0.1, 0.15) is 6.29 Å². The van der Waals surface area contributed by atoms with Gasteiger partial charge in [0.2, 0.25) is 0 Å². The zero-order chi connectivity index (χ0) is 17.1. The Balaban J connectivity index is 1.79. The standard InChI is InChI=1S/C20H19N3O2/c24-14-15-7-10-19-17(13-15)18(9-8-16-5-1-3-11-21-16)22-23(19)20-6-2-4-12-25-20/h1,3,5,7-11,13-14,20H,2,4,6,12H2/b9-8+. The van der Waals surface area contributed by atoms with Gasteiger partial charge in [0.25, 0.3) is 0 Å². The number of carbonyl (C=O) groups is 1. The van der Waals surface area contributed by atoms with Crippen molar-refractivity contribution in [2.24, 2.45) is 0 Å². The molecule has 0 aliphatic carbocycles. The van der Waals surface area contributed by atoms with Crippen molar-refractivity contribution in [2.75, 3.05) is 6.61 Å². The zero-order valence-corrected chi connectivity index (χ0v) is 13.8. The second-order valence-electron chi connectivity index (χ2n) is 6.13. The van der Waals surface area contributed by atoms with E-state index in [9.17, 15) is 4.79 Å². The van der Waals surface area contributed by atoms with Gasteiger partial charge in [-0.15, -0.1) is 0 Å². The molecule has 126 valence electrons. The maximum absolute atomic E-state index is 11.2. The molecule has 0 N–H and O–H groups in total. The Morgan fingerprint density at radius 2 is 2.12 bits per heavy atom. The van der Waals surface area contributed by atoms with Gasteiger partial charge in [-0.25, -0.2) is 4.68 Å². The predicted octanol–water partition coefficient (Wildman–Crippen LogP) is 4.11. The number of hydrogen-bond acceptors (Lipinski definition) is 4. The SMILES string of the molecule is O=Cc1ccc2c(c1)c(/C=C/c1ccccn1)nn2C1CCCCO1. The van der Waals surface area contributed by atoms with Crippen LogP contribution in [0.5, 0.6) is 0 Å². The number of aldehydes is 1. The van der Waals surface area contributed by atoms with E-state index in [2.05, 4.69) is 4.98 Å². The van der Waals surface area contributed by atoms with Crippen LogP contribution in [-0.2, 0) is 4.74 Å². The third-order valence-electron chi connectivity index (χ3n) is 4.42. The Morgan fingerprint density at radius 3 is 2.88 bits per heavy atom. The van der Waals surface area contributed by atoms with Crippen molar-refractivity contribution in [1.29, 1.82) is 0 Å². The second kappa shape index (κ2) is 6.99. The van der Waals surface area contributed by atoms with Gasteiger partial charge in [0.05, 0.1) is 16.9 Å². The molecule has 2 aromatic heterocycles. The lowest BCUT2D eigenvalue weighted by molar-refractivity contribution is -0.0367. The summed E-state index contributed by atoms with van der Waals surface area (Å²) in [5.74, 6) is 0. The maximum atomic E-state index is 11.2. The molecule has 3 aromatic rings. The lowest BCUT2D eigenvalue weighted by atomic mass is 10.1. The Bertz CT molecular complexity index is 909. The largest absolute Gasteiger partial charge is 0.356 e. The van der Waals surface area contributed by atoms with Gasteiger partial charge >= 0.3 is 0 Å². The summed E-state index contributed by atoms with van der Waals surface area (Å²) in [5, 5.41) is 5.71. The fourth-order valence-electron chi connectivity index (χ4n) is 3.15. The molecule has 1 aliphatic rings. The summed E-state index contributed by atoms with van der Waals surface area (Å²) in [6.45, 7) is 0.761. The molecule has 1 unspecified atom stereocenters. The zero-order valence-electron chi connectivity index (χ0n) is 13.8. The van der Waals surface area contributed by atoms with Gasteiger partial charge < -0.3 is 4.74 Å². The van der Waals surface area contributed by atoms with E-state index in [0.717, 1.165) is 54.4 Å². The number of hydrogen-bond donors (Lipinski definition) is 0. The molecule has 25 heavy (non-hydrogen) atoms. The van der Waals surface area contributed by atoms with Crippen molar-refractivity contribution in [3.05, 3.63) is 59.5 Å². The number of nitrogens with zero attached hydrogens (tertiary/aromatic N) is 3. The van der Waals surface area contributed by atoms with Crippen LogP contribution in [0.4, 0.5) is 0 Å². The molecular weight excluding hydrogens is 314 g/mol. The molecular formula is C20H19N3O2. The molecule has 1 saturated heterocycles. The average molecular weight is 333 g/mol. The molecule has 1 aliphatic heterocycles. The number of fused-ring (bicyclic) bond motifs is 1. The minimum Gasteiger partial charge on any atom is -0.356 e. The minimum atomic E-state index is -0.0460. The van der Waals surface area contributed by atoms with Crippen LogP contribution in [-0.4, -0.2) is 27.7 Å². The summed E-state index contributed by atoms with van der Waals surface area (Å²) in [7, 11) is 0. The highest BCUT2D eigenvalue weighted by molar-refractivity contribution is 5.93. The molecule has 0 spiro atoms. The van der Waals surface area contributed by atoms with Gasteiger partial charge in [0.15, 0.2) is 6.23 Å². The van der Waals surface area contributed by atoms with Gasteiger partial charge in [0, 0.05) is 23.8 Å². The van der Waals surface area contributed by atoms with Crippen LogP contribution in [0, 0.1) is 0 Å². The number of pyridine rings is 1. The Labute approximate surface area is 145 Å². The van der Waals surface area contributed by atoms with E-state index >= 15 is 0 Å². The van der Waals surface area contributed by atoms with Crippen LogP contribution < -0.4 is 0 Å². The fourth-order valence-corrected chi connectivity index (χ4v) is 3.15. The molecule has 3 heterocycles. The molecule has 0 radical (unpaired) electrons. The number of benzene rings is 1. The van der Waals surface area contributed by atoms with Gasteiger partial charge in [-0.1, -0.05) is 6.07 Å². The number of aromatic nitrogens is 3. The molecule has 0 saturated carbocycles. The van der Waals surface area contributed by atoms with E-state index < -0.39 is 0 Å². The minimum absolute atomic E-state index is 0.0460. The van der Waals surface area contributed by atoms with Crippen molar-refractivity contribution in [1.82, 2.24) is 14.8 Å². The lowest BCUT2D eigenvalue weighted by Gasteiger charge is -2.23. The molecule has 5 heteroatoms. The van der Waals surface area contributed by atoms with E-state index in [1.807, 2.05) is 53.2 Å². The summed E-state index contributed by atoms with van der Waals surface area (Å²) in [6, 6.07) is 11.4. The summed E-state index contributed by atoms with van der Waals surface area (Å²) in [4.78, 5) is 15.5. The molecule has 4 rings (SSSR count). The molecule has 5 nitrogen and oxygen atoms in total. The van der Waals surface area contributed by atoms with Gasteiger partial charge in [-0.2, -0.15) is 5.10 Å². The number of rotatable bonds is 4. The molecule has 1 aromatic carbocycles. The summed E-state index contributed by atoms with van der Waals surface area (Å²) in [6.07, 6.45) is 9.64. The first kappa shape index (κ1) is 15.7. The predicted molar refractivity (Wildman–Crippen MR) is 97.1 cm³/mol. The van der Waals surface area contributed by atoms with Crippen molar-refractivity contribution >= 4 is 29.3 Å². The van der Waals surface area contributed by atoms with Crippen molar-refractivity contribution in [2.45, 2.75) is 25.5 Å². The van der Waals surface area contributed by atoms with Crippen LogP contribution in [0.15, 0.2) is 42.6 Å². The monoisotopic (exact) mass is 333 g/mol. The highest BCUT2D eigenvalue weighted by Crippen LogP contribution is 2.29. The third-order valence-corrected chi connectivity index (χ3v) is 4.42. The van der Waals surface area contributed by atoms with Gasteiger partial charge in [-0.05, 0) is 61.7 Å².